The van der Waals surface area contributed by atoms with Crippen molar-refractivity contribution in [2.45, 2.75) is 28.3 Å². The van der Waals surface area contributed by atoms with E-state index in [1.54, 1.807) is 23.5 Å². The third-order valence-electron chi connectivity index (χ3n) is 4.77. The normalized spacial score (nSPS) is 10.9. The smallest absolute Gasteiger partial charge is 0.252 e. The van der Waals surface area contributed by atoms with Crippen molar-refractivity contribution in [3.63, 3.8) is 0 Å². The number of pyridine rings is 1. The van der Waals surface area contributed by atoms with Crippen molar-refractivity contribution < 1.29 is 4.79 Å². The van der Waals surface area contributed by atoms with E-state index >= 15 is 0 Å². The second kappa shape index (κ2) is 9.37. The van der Waals surface area contributed by atoms with Gasteiger partial charge >= 0.3 is 0 Å². The second-order valence-electron chi connectivity index (χ2n) is 6.97. The van der Waals surface area contributed by atoms with Crippen LogP contribution in [0, 0.1) is 6.92 Å². The van der Waals surface area contributed by atoms with E-state index < -0.39 is 0 Å². The van der Waals surface area contributed by atoms with Crippen molar-refractivity contribution in [3.05, 3.63) is 95.6 Å². The lowest BCUT2D eigenvalue weighted by Crippen LogP contribution is -2.23. The molecule has 0 fully saturated rings. The summed E-state index contributed by atoms with van der Waals surface area (Å²) in [6.07, 6.45) is 2.06. The summed E-state index contributed by atoms with van der Waals surface area (Å²) in [6, 6.07) is 26.2. The average Bonchev–Trinajstić information content (AvgIpc) is 2.78. The Morgan fingerprint density at radius 1 is 0.933 bits per heavy atom. The first-order valence-electron chi connectivity index (χ1n) is 9.68. The minimum atomic E-state index is -0.0890. The van der Waals surface area contributed by atoms with Crippen LogP contribution in [0.4, 0.5) is 0 Å². The standard InChI is InChI=1S/C25H22N2OS2/c1-17-10-12-18(13-11-17)16-26-25(28)22-15-24(27-23-9-4-3-8-21(22)23)30-20-7-5-6-19(14-20)29-2/h3-15H,16H2,1-2H3,(H,26,28). The third-order valence-corrected chi connectivity index (χ3v) is 6.41. The zero-order chi connectivity index (χ0) is 20.9. The molecule has 150 valence electrons. The summed E-state index contributed by atoms with van der Waals surface area (Å²) in [5, 5.41) is 4.73. The Morgan fingerprint density at radius 2 is 1.70 bits per heavy atom. The van der Waals surface area contributed by atoms with Gasteiger partial charge in [0.25, 0.3) is 5.91 Å². The summed E-state index contributed by atoms with van der Waals surface area (Å²) in [5.74, 6) is -0.0890. The fraction of sp³-hybridized carbons (Fsp3) is 0.120. The molecule has 3 nitrogen and oxygen atoms in total. The number of carbonyl (C=O) groups excluding carboxylic acids is 1. The molecule has 1 amide bonds. The van der Waals surface area contributed by atoms with E-state index in [4.69, 9.17) is 4.98 Å². The number of nitrogens with zero attached hydrogens (tertiary/aromatic N) is 1. The minimum absolute atomic E-state index is 0.0890. The SMILES string of the molecule is CSc1cccc(Sc2cc(C(=O)NCc3ccc(C)cc3)c3ccccc3n2)c1. The van der Waals surface area contributed by atoms with Gasteiger partial charge in [-0.1, -0.05) is 65.9 Å². The number of hydrogen-bond donors (Lipinski definition) is 1. The second-order valence-corrected chi connectivity index (χ2v) is 8.95. The van der Waals surface area contributed by atoms with Gasteiger partial charge in [0.2, 0.25) is 0 Å². The molecule has 30 heavy (non-hydrogen) atoms. The molecule has 5 heteroatoms. The predicted molar refractivity (Wildman–Crippen MR) is 126 cm³/mol. The Bertz CT molecular complexity index is 1190. The highest BCUT2D eigenvalue weighted by Crippen LogP contribution is 2.31. The van der Waals surface area contributed by atoms with Gasteiger partial charge in [0, 0.05) is 21.7 Å². The quantitative estimate of drug-likeness (QED) is 0.362. The maximum absolute atomic E-state index is 13.1. The Hall–Kier alpha value is -2.76. The van der Waals surface area contributed by atoms with Crippen molar-refractivity contribution in [1.29, 1.82) is 0 Å². The maximum Gasteiger partial charge on any atom is 0.252 e. The maximum atomic E-state index is 13.1. The molecule has 0 saturated heterocycles. The van der Waals surface area contributed by atoms with Gasteiger partial charge in [-0.25, -0.2) is 4.98 Å². The van der Waals surface area contributed by atoms with E-state index in [1.165, 1.54) is 10.5 Å². The molecule has 4 rings (SSSR count). The Labute approximate surface area is 185 Å². The van der Waals surface area contributed by atoms with Crippen LogP contribution in [0.2, 0.25) is 0 Å². The molecular formula is C25H22N2OS2. The van der Waals surface area contributed by atoms with E-state index in [9.17, 15) is 4.79 Å². The number of amides is 1. The molecule has 1 N–H and O–H groups in total. The van der Waals surface area contributed by atoms with Crippen LogP contribution >= 0.6 is 23.5 Å². The van der Waals surface area contributed by atoms with E-state index in [0.29, 0.717) is 12.1 Å². The summed E-state index contributed by atoms with van der Waals surface area (Å²) in [5.41, 5.74) is 3.76. The summed E-state index contributed by atoms with van der Waals surface area (Å²) < 4.78 is 0. The predicted octanol–water partition coefficient (Wildman–Crippen LogP) is 6.35. The molecule has 0 saturated carbocycles. The fourth-order valence-electron chi connectivity index (χ4n) is 3.16. The first-order valence-corrected chi connectivity index (χ1v) is 11.7. The van der Waals surface area contributed by atoms with Crippen LogP contribution in [-0.2, 0) is 6.54 Å². The van der Waals surface area contributed by atoms with Crippen molar-refractivity contribution >= 4 is 40.3 Å². The van der Waals surface area contributed by atoms with Crippen LogP contribution in [0.25, 0.3) is 10.9 Å². The van der Waals surface area contributed by atoms with Gasteiger partial charge in [0.05, 0.1) is 11.1 Å². The van der Waals surface area contributed by atoms with Gasteiger partial charge in [-0.2, -0.15) is 0 Å². The van der Waals surface area contributed by atoms with Crippen molar-refractivity contribution in [2.75, 3.05) is 6.26 Å². The number of fused-ring (bicyclic) bond motifs is 1. The lowest BCUT2D eigenvalue weighted by Gasteiger charge is -2.11. The molecule has 1 aromatic heterocycles. The number of aryl methyl sites for hydroxylation is 1. The molecular weight excluding hydrogens is 408 g/mol. The van der Waals surface area contributed by atoms with Crippen LogP contribution in [0.3, 0.4) is 0 Å². The number of aromatic nitrogens is 1. The first kappa shape index (κ1) is 20.5. The highest BCUT2D eigenvalue weighted by molar-refractivity contribution is 7.99. The number of carbonyl (C=O) groups is 1. The molecule has 0 aliphatic carbocycles. The van der Waals surface area contributed by atoms with Gasteiger partial charge in [0.1, 0.15) is 5.03 Å². The molecule has 4 aromatic rings. The van der Waals surface area contributed by atoms with Gasteiger partial charge in [-0.3, -0.25) is 4.79 Å². The lowest BCUT2D eigenvalue weighted by atomic mass is 10.1. The topological polar surface area (TPSA) is 42.0 Å². The first-order chi connectivity index (χ1) is 14.6. The third kappa shape index (κ3) is 4.86. The Balaban J connectivity index is 1.62. The van der Waals surface area contributed by atoms with Gasteiger partial charge in [0.15, 0.2) is 0 Å². The molecule has 0 bridgehead atoms. The van der Waals surface area contributed by atoms with Crippen LogP contribution in [-0.4, -0.2) is 17.1 Å². The van der Waals surface area contributed by atoms with Crippen LogP contribution in [0.1, 0.15) is 21.5 Å². The molecule has 0 aliphatic rings. The van der Waals surface area contributed by atoms with Crippen LogP contribution in [0.15, 0.2) is 93.7 Å². The number of benzene rings is 3. The highest BCUT2D eigenvalue weighted by Gasteiger charge is 2.14. The van der Waals surface area contributed by atoms with Crippen LogP contribution < -0.4 is 5.32 Å². The zero-order valence-corrected chi connectivity index (χ0v) is 18.5. The van der Waals surface area contributed by atoms with Gasteiger partial charge in [-0.05, 0) is 49.1 Å². The zero-order valence-electron chi connectivity index (χ0n) is 16.9. The molecule has 0 atom stereocenters. The average molecular weight is 431 g/mol. The fourth-order valence-corrected chi connectivity index (χ4v) is 4.59. The number of thioether (sulfide) groups is 1. The number of nitrogens with one attached hydrogen (secondary N) is 1. The monoisotopic (exact) mass is 430 g/mol. The van der Waals surface area contributed by atoms with Gasteiger partial charge in [-0.15, -0.1) is 11.8 Å². The molecule has 1 heterocycles. The Kier molecular flexibility index (Phi) is 6.41. The van der Waals surface area contributed by atoms with E-state index in [2.05, 4.69) is 48.8 Å². The van der Waals surface area contributed by atoms with E-state index in [0.717, 1.165) is 26.4 Å². The molecule has 0 spiro atoms. The lowest BCUT2D eigenvalue weighted by molar-refractivity contribution is 0.0952. The minimum Gasteiger partial charge on any atom is -0.348 e. The molecule has 0 unspecified atom stereocenters. The summed E-state index contributed by atoms with van der Waals surface area (Å²) in [6.45, 7) is 2.55. The Morgan fingerprint density at radius 3 is 2.50 bits per heavy atom. The molecule has 3 aromatic carbocycles. The number of rotatable bonds is 6. The summed E-state index contributed by atoms with van der Waals surface area (Å²) >= 11 is 3.29. The summed E-state index contributed by atoms with van der Waals surface area (Å²) in [7, 11) is 0. The van der Waals surface area contributed by atoms with Crippen molar-refractivity contribution in [1.82, 2.24) is 10.3 Å². The van der Waals surface area contributed by atoms with Gasteiger partial charge < -0.3 is 5.32 Å². The van der Waals surface area contributed by atoms with Crippen molar-refractivity contribution in [2.24, 2.45) is 0 Å². The highest BCUT2D eigenvalue weighted by atomic mass is 32.2. The number of hydrogen-bond acceptors (Lipinski definition) is 4. The largest absolute Gasteiger partial charge is 0.348 e. The van der Waals surface area contributed by atoms with E-state index in [1.807, 2.05) is 48.5 Å². The van der Waals surface area contributed by atoms with Crippen molar-refractivity contribution in [3.8, 4) is 0 Å². The molecule has 0 aliphatic heterocycles. The van der Waals surface area contributed by atoms with Crippen LogP contribution in [0.5, 0.6) is 0 Å². The number of para-hydroxylation sites is 1. The van der Waals surface area contributed by atoms with E-state index in [-0.39, 0.29) is 5.91 Å². The summed E-state index contributed by atoms with van der Waals surface area (Å²) in [4.78, 5) is 20.1. The molecule has 0 radical (unpaired) electrons.